The average Bonchev–Trinajstić information content (AvgIpc) is 2.69. The summed E-state index contributed by atoms with van der Waals surface area (Å²) in [6.45, 7) is 0. The third-order valence-electron chi connectivity index (χ3n) is 2.54. The molecule has 0 saturated heterocycles. The molecule has 0 aliphatic heterocycles. The topological polar surface area (TPSA) is 75.2 Å². The molecule has 0 unspecified atom stereocenters. The predicted molar refractivity (Wildman–Crippen MR) is 63.2 cm³/mol. The van der Waals surface area contributed by atoms with Gasteiger partial charge < -0.3 is 14.8 Å². The number of methoxy groups -OCH3 is 1. The molecule has 0 bridgehead atoms. The van der Waals surface area contributed by atoms with E-state index in [1.54, 1.807) is 7.11 Å². The first-order valence-corrected chi connectivity index (χ1v) is 5.43. The Morgan fingerprint density at radius 2 is 2.35 bits per heavy atom. The molecule has 1 heterocycles. The molecule has 2 aromatic rings. The molecule has 2 rings (SSSR count). The number of aryl methyl sites for hydroxylation is 1. The molecule has 0 aliphatic carbocycles. The first-order chi connectivity index (χ1) is 8.19. The van der Waals surface area contributed by atoms with Crippen molar-refractivity contribution in [3.8, 4) is 5.75 Å². The van der Waals surface area contributed by atoms with Crippen molar-refractivity contribution in [2.24, 2.45) is 0 Å². The van der Waals surface area contributed by atoms with Gasteiger partial charge in [-0.1, -0.05) is 0 Å². The minimum Gasteiger partial charge on any atom is -0.497 e. The summed E-state index contributed by atoms with van der Waals surface area (Å²) in [4.78, 5) is 17.9. The van der Waals surface area contributed by atoms with Crippen LogP contribution in [-0.4, -0.2) is 28.2 Å². The number of nitrogens with zero attached hydrogens (tertiary/aromatic N) is 1. The Bertz CT molecular complexity index is 534. The molecular weight excluding hydrogens is 220 g/mol. The summed E-state index contributed by atoms with van der Waals surface area (Å²) in [5.41, 5.74) is 1.78. The van der Waals surface area contributed by atoms with E-state index in [2.05, 4.69) is 9.97 Å². The van der Waals surface area contributed by atoms with Gasteiger partial charge in [-0.15, -0.1) is 0 Å². The van der Waals surface area contributed by atoms with Crippen LogP contribution < -0.4 is 4.74 Å². The van der Waals surface area contributed by atoms with Gasteiger partial charge in [0.2, 0.25) is 0 Å². The zero-order valence-electron chi connectivity index (χ0n) is 9.56. The predicted octanol–water partition coefficient (Wildman–Crippen LogP) is 1.98. The standard InChI is InChI=1S/C12H14N2O3/c1-17-8-5-6-9-10(7-8)14-11(13-9)3-2-4-12(15)16/h5-7H,2-4H2,1H3,(H,13,14)(H,15,16). The van der Waals surface area contributed by atoms with Crippen molar-refractivity contribution in [1.82, 2.24) is 9.97 Å². The number of ether oxygens (including phenoxy) is 1. The SMILES string of the molecule is COc1ccc2nc(CCCC(=O)O)[nH]c2c1. The zero-order chi connectivity index (χ0) is 12.3. The molecule has 0 spiro atoms. The number of aliphatic carboxylic acids is 1. The summed E-state index contributed by atoms with van der Waals surface area (Å²) in [6.07, 6.45) is 1.40. The summed E-state index contributed by atoms with van der Waals surface area (Å²) in [5, 5.41) is 8.55. The number of rotatable bonds is 5. The van der Waals surface area contributed by atoms with Crippen LogP contribution in [0.25, 0.3) is 11.0 Å². The van der Waals surface area contributed by atoms with E-state index < -0.39 is 5.97 Å². The van der Waals surface area contributed by atoms with Gasteiger partial charge in [-0.3, -0.25) is 4.79 Å². The summed E-state index contributed by atoms with van der Waals surface area (Å²) in [5.74, 6) is 0.815. The van der Waals surface area contributed by atoms with Crippen LogP contribution in [0.2, 0.25) is 0 Å². The first kappa shape index (κ1) is 11.4. The van der Waals surface area contributed by atoms with Crippen LogP contribution in [0.15, 0.2) is 18.2 Å². The van der Waals surface area contributed by atoms with E-state index in [1.807, 2.05) is 18.2 Å². The van der Waals surface area contributed by atoms with Crippen molar-refractivity contribution in [1.29, 1.82) is 0 Å². The highest BCUT2D eigenvalue weighted by molar-refractivity contribution is 5.76. The zero-order valence-corrected chi connectivity index (χ0v) is 9.56. The summed E-state index contributed by atoms with van der Waals surface area (Å²) in [6, 6.07) is 5.61. The highest BCUT2D eigenvalue weighted by atomic mass is 16.5. The smallest absolute Gasteiger partial charge is 0.303 e. The first-order valence-electron chi connectivity index (χ1n) is 5.43. The molecule has 0 saturated carbocycles. The number of H-pyrrole nitrogens is 1. The second kappa shape index (κ2) is 4.86. The third-order valence-corrected chi connectivity index (χ3v) is 2.54. The molecule has 0 aliphatic rings. The van der Waals surface area contributed by atoms with Crippen molar-refractivity contribution in [3.63, 3.8) is 0 Å². The number of fused-ring (bicyclic) bond motifs is 1. The number of aromatic nitrogens is 2. The largest absolute Gasteiger partial charge is 0.497 e. The van der Waals surface area contributed by atoms with E-state index in [4.69, 9.17) is 9.84 Å². The molecule has 5 nitrogen and oxygen atoms in total. The van der Waals surface area contributed by atoms with Gasteiger partial charge in [0.1, 0.15) is 11.6 Å². The van der Waals surface area contributed by atoms with Crippen molar-refractivity contribution in [2.45, 2.75) is 19.3 Å². The number of carboxylic acid groups (broad SMARTS) is 1. The highest BCUT2D eigenvalue weighted by Gasteiger charge is 2.05. The Morgan fingerprint density at radius 1 is 1.53 bits per heavy atom. The second-order valence-electron chi connectivity index (χ2n) is 3.81. The van der Waals surface area contributed by atoms with Crippen molar-refractivity contribution >= 4 is 17.0 Å². The number of imidazole rings is 1. The fourth-order valence-corrected chi connectivity index (χ4v) is 1.69. The number of hydrogen-bond donors (Lipinski definition) is 2. The lowest BCUT2D eigenvalue weighted by atomic mass is 10.2. The highest BCUT2D eigenvalue weighted by Crippen LogP contribution is 2.19. The molecule has 0 fully saturated rings. The number of hydrogen-bond acceptors (Lipinski definition) is 3. The maximum absolute atomic E-state index is 10.4. The monoisotopic (exact) mass is 234 g/mol. The number of carboxylic acids is 1. The maximum Gasteiger partial charge on any atom is 0.303 e. The van der Waals surface area contributed by atoms with E-state index in [-0.39, 0.29) is 6.42 Å². The molecule has 0 amide bonds. The molecule has 17 heavy (non-hydrogen) atoms. The number of nitrogens with one attached hydrogen (secondary N) is 1. The minimum atomic E-state index is -0.775. The lowest BCUT2D eigenvalue weighted by Crippen LogP contribution is -1.96. The fraction of sp³-hybridized carbons (Fsp3) is 0.333. The molecule has 90 valence electrons. The van der Waals surface area contributed by atoms with Crippen LogP contribution in [0.3, 0.4) is 0 Å². The number of benzene rings is 1. The molecule has 5 heteroatoms. The van der Waals surface area contributed by atoms with E-state index >= 15 is 0 Å². The molecule has 0 radical (unpaired) electrons. The fourth-order valence-electron chi connectivity index (χ4n) is 1.69. The quantitative estimate of drug-likeness (QED) is 0.829. The van der Waals surface area contributed by atoms with Crippen LogP contribution in [0.1, 0.15) is 18.7 Å². The Kier molecular flexibility index (Phi) is 3.27. The Hall–Kier alpha value is -2.04. The summed E-state index contributed by atoms with van der Waals surface area (Å²) in [7, 11) is 1.62. The van der Waals surface area contributed by atoms with Crippen LogP contribution >= 0.6 is 0 Å². The molecule has 1 aromatic carbocycles. The lowest BCUT2D eigenvalue weighted by molar-refractivity contribution is -0.137. The van der Waals surface area contributed by atoms with Crippen LogP contribution in [0, 0.1) is 0 Å². The Morgan fingerprint density at radius 3 is 3.06 bits per heavy atom. The van der Waals surface area contributed by atoms with Gasteiger partial charge in [-0.2, -0.15) is 0 Å². The molecule has 1 aromatic heterocycles. The minimum absolute atomic E-state index is 0.167. The van der Waals surface area contributed by atoms with E-state index in [9.17, 15) is 4.79 Å². The Balaban J connectivity index is 2.11. The summed E-state index contributed by atoms with van der Waals surface area (Å²) >= 11 is 0. The van der Waals surface area contributed by atoms with E-state index in [0.29, 0.717) is 12.8 Å². The van der Waals surface area contributed by atoms with Gasteiger partial charge in [-0.25, -0.2) is 4.98 Å². The average molecular weight is 234 g/mol. The van der Waals surface area contributed by atoms with E-state index in [1.165, 1.54) is 0 Å². The van der Waals surface area contributed by atoms with Crippen molar-refractivity contribution in [3.05, 3.63) is 24.0 Å². The van der Waals surface area contributed by atoms with Gasteiger partial charge >= 0.3 is 5.97 Å². The maximum atomic E-state index is 10.4. The van der Waals surface area contributed by atoms with E-state index in [0.717, 1.165) is 22.6 Å². The molecule has 2 N–H and O–H groups in total. The van der Waals surface area contributed by atoms with Crippen molar-refractivity contribution < 1.29 is 14.6 Å². The molecule has 0 atom stereocenters. The van der Waals surface area contributed by atoms with Gasteiger partial charge in [0.15, 0.2) is 0 Å². The van der Waals surface area contributed by atoms with Crippen LogP contribution in [-0.2, 0) is 11.2 Å². The summed E-state index contributed by atoms with van der Waals surface area (Å²) < 4.78 is 5.12. The van der Waals surface area contributed by atoms with Gasteiger partial charge in [0.25, 0.3) is 0 Å². The van der Waals surface area contributed by atoms with Crippen LogP contribution in [0.4, 0.5) is 0 Å². The number of carbonyl (C=O) groups is 1. The number of aromatic amines is 1. The van der Waals surface area contributed by atoms with Gasteiger partial charge in [-0.05, 0) is 18.6 Å². The second-order valence-corrected chi connectivity index (χ2v) is 3.81. The van der Waals surface area contributed by atoms with Gasteiger partial charge in [0.05, 0.1) is 18.1 Å². The Labute approximate surface area is 98.4 Å². The molecular formula is C12H14N2O3. The van der Waals surface area contributed by atoms with Crippen molar-refractivity contribution in [2.75, 3.05) is 7.11 Å². The van der Waals surface area contributed by atoms with Crippen LogP contribution in [0.5, 0.6) is 5.75 Å². The van der Waals surface area contributed by atoms with Gasteiger partial charge in [0, 0.05) is 18.9 Å². The third kappa shape index (κ3) is 2.75. The lowest BCUT2D eigenvalue weighted by Gasteiger charge is -1.96. The normalized spacial score (nSPS) is 10.6.